The third kappa shape index (κ3) is 6.51. The molecule has 0 bridgehead atoms. The van der Waals surface area contributed by atoms with Crippen LogP contribution in [0.25, 0.3) is 0 Å². The van der Waals surface area contributed by atoms with E-state index in [1.165, 1.54) is 5.56 Å². The van der Waals surface area contributed by atoms with Crippen LogP contribution in [0.15, 0.2) is 35.3 Å². The first kappa shape index (κ1) is 13.4. The molecule has 0 aliphatic rings. The first-order valence-electron chi connectivity index (χ1n) is 5.77. The molecule has 1 aromatic carbocycles. The number of aryl methyl sites for hydroxylation is 1. The van der Waals surface area contributed by atoms with E-state index in [0.717, 1.165) is 12.8 Å². The number of aliphatic imine (C=N–C) groups is 1. The lowest BCUT2D eigenvalue weighted by atomic mass is 10.1. The second-order valence-corrected chi connectivity index (χ2v) is 4.82. The number of ether oxygens (including phenoxy) is 1. The Kier molecular flexibility index (Phi) is 4.88. The Labute approximate surface area is 103 Å². The number of hydrogen-bond acceptors (Lipinski definition) is 2. The Morgan fingerprint density at radius 2 is 1.94 bits per heavy atom. The second kappa shape index (κ2) is 6.18. The minimum absolute atomic E-state index is 0.478. The molecule has 1 aromatic rings. The molecule has 0 N–H and O–H groups in total. The molecule has 3 heteroatoms. The van der Waals surface area contributed by atoms with Gasteiger partial charge in [-0.15, -0.1) is 0 Å². The van der Waals surface area contributed by atoms with Crippen molar-refractivity contribution in [2.24, 2.45) is 4.99 Å². The van der Waals surface area contributed by atoms with Gasteiger partial charge in [0.05, 0.1) is 0 Å². The van der Waals surface area contributed by atoms with Crippen molar-refractivity contribution in [2.75, 3.05) is 0 Å². The summed E-state index contributed by atoms with van der Waals surface area (Å²) in [7, 11) is 0. The fraction of sp³-hybridized carbons (Fsp3) is 0.429. The maximum absolute atomic E-state index is 11.2. The highest BCUT2D eigenvalue weighted by Gasteiger charge is 2.14. The number of rotatable bonds is 3. The van der Waals surface area contributed by atoms with Crippen molar-refractivity contribution >= 4 is 12.3 Å². The SMILES string of the molecule is CC(C)(C)OC(=O)/N=C/CCc1ccccc1. The van der Waals surface area contributed by atoms with Gasteiger partial charge in [-0.2, -0.15) is 4.99 Å². The van der Waals surface area contributed by atoms with E-state index in [9.17, 15) is 4.79 Å². The highest BCUT2D eigenvalue weighted by atomic mass is 16.6. The van der Waals surface area contributed by atoms with E-state index in [0.29, 0.717) is 0 Å². The van der Waals surface area contributed by atoms with Gasteiger partial charge in [0.25, 0.3) is 0 Å². The molecule has 0 aliphatic carbocycles. The summed E-state index contributed by atoms with van der Waals surface area (Å²) in [5.41, 5.74) is 0.761. The Hall–Kier alpha value is -1.64. The molecule has 3 nitrogen and oxygen atoms in total. The molecule has 17 heavy (non-hydrogen) atoms. The lowest BCUT2D eigenvalue weighted by Gasteiger charge is -2.17. The predicted molar refractivity (Wildman–Crippen MR) is 69.5 cm³/mol. The van der Waals surface area contributed by atoms with Gasteiger partial charge in [0.2, 0.25) is 0 Å². The van der Waals surface area contributed by atoms with Crippen molar-refractivity contribution in [1.29, 1.82) is 0 Å². The first-order chi connectivity index (χ1) is 7.97. The first-order valence-corrected chi connectivity index (χ1v) is 5.77. The molecule has 0 saturated carbocycles. The van der Waals surface area contributed by atoms with Crippen molar-refractivity contribution < 1.29 is 9.53 Å². The average molecular weight is 233 g/mol. The summed E-state index contributed by atoms with van der Waals surface area (Å²) in [6.07, 6.45) is 2.71. The molecule has 0 spiro atoms. The third-order valence-electron chi connectivity index (χ3n) is 2.00. The van der Waals surface area contributed by atoms with Crippen LogP contribution in [0.1, 0.15) is 32.8 Å². The molecular weight excluding hydrogens is 214 g/mol. The van der Waals surface area contributed by atoms with Crippen molar-refractivity contribution in [3.63, 3.8) is 0 Å². The lowest BCUT2D eigenvalue weighted by molar-refractivity contribution is 0.0605. The van der Waals surface area contributed by atoms with Gasteiger partial charge < -0.3 is 4.74 Å². The molecule has 92 valence electrons. The molecule has 1 amide bonds. The second-order valence-electron chi connectivity index (χ2n) is 4.82. The summed E-state index contributed by atoms with van der Waals surface area (Å²) in [6, 6.07) is 10.1. The lowest BCUT2D eigenvalue weighted by Crippen LogP contribution is -2.21. The Bertz CT molecular complexity index is 377. The van der Waals surface area contributed by atoms with Crippen LogP contribution >= 0.6 is 0 Å². The zero-order valence-electron chi connectivity index (χ0n) is 10.6. The van der Waals surface area contributed by atoms with Crippen LogP contribution in [0.3, 0.4) is 0 Å². The van der Waals surface area contributed by atoms with Crippen LogP contribution in [0, 0.1) is 0 Å². The molecule has 0 heterocycles. The van der Waals surface area contributed by atoms with Gasteiger partial charge in [-0.25, -0.2) is 4.79 Å². The number of carbonyl (C=O) groups is 1. The maximum Gasteiger partial charge on any atom is 0.433 e. The smallest absolute Gasteiger partial charge is 0.433 e. The van der Waals surface area contributed by atoms with Gasteiger partial charge >= 0.3 is 6.09 Å². The normalized spacial score (nSPS) is 11.7. The maximum atomic E-state index is 11.2. The topological polar surface area (TPSA) is 38.7 Å². The number of amides is 1. The van der Waals surface area contributed by atoms with E-state index >= 15 is 0 Å². The Balaban J connectivity index is 2.29. The molecular formula is C14H19NO2. The minimum atomic E-state index is -0.523. The van der Waals surface area contributed by atoms with Crippen molar-refractivity contribution in [1.82, 2.24) is 0 Å². The minimum Gasteiger partial charge on any atom is -0.442 e. The summed E-state index contributed by atoms with van der Waals surface area (Å²) in [6.45, 7) is 5.47. The number of benzene rings is 1. The zero-order valence-corrected chi connectivity index (χ0v) is 10.6. The summed E-state index contributed by atoms with van der Waals surface area (Å²) < 4.78 is 5.05. The third-order valence-corrected chi connectivity index (χ3v) is 2.00. The van der Waals surface area contributed by atoms with Gasteiger partial charge in [0.15, 0.2) is 0 Å². The fourth-order valence-corrected chi connectivity index (χ4v) is 1.30. The molecule has 0 aliphatic heterocycles. The quantitative estimate of drug-likeness (QED) is 0.748. The van der Waals surface area contributed by atoms with Crippen LogP contribution in [-0.2, 0) is 11.2 Å². The van der Waals surface area contributed by atoms with Crippen LogP contribution < -0.4 is 0 Å². The van der Waals surface area contributed by atoms with Crippen molar-refractivity contribution in [3.05, 3.63) is 35.9 Å². The number of carbonyl (C=O) groups excluding carboxylic acids is 1. The van der Waals surface area contributed by atoms with Gasteiger partial charge in [-0.3, -0.25) is 0 Å². The van der Waals surface area contributed by atoms with Crippen molar-refractivity contribution in [2.45, 2.75) is 39.2 Å². The summed E-state index contributed by atoms with van der Waals surface area (Å²) >= 11 is 0. The molecule has 0 fully saturated rings. The Morgan fingerprint density at radius 1 is 1.29 bits per heavy atom. The zero-order chi connectivity index (χ0) is 12.7. The van der Waals surface area contributed by atoms with Gasteiger partial charge in [-0.1, -0.05) is 30.3 Å². The van der Waals surface area contributed by atoms with Crippen LogP contribution in [-0.4, -0.2) is 17.9 Å². The fourth-order valence-electron chi connectivity index (χ4n) is 1.30. The average Bonchev–Trinajstić information content (AvgIpc) is 2.23. The molecule has 0 radical (unpaired) electrons. The summed E-state index contributed by atoms with van der Waals surface area (Å²) in [5.74, 6) is 0. The van der Waals surface area contributed by atoms with E-state index < -0.39 is 11.7 Å². The standard InChI is InChI=1S/C14H19NO2/c1-14(2,3)17-13(16)15-11-7-10-12-8-5-4-6-9-12/h4-6,8-9,11H,7,10H2,1-3H3/b15-11+. The number of hydrogen-bond donors (Lipinski definition) is 0. The molecule has 0 atom stereocenters. The molecule has 0 unspecified atom stereocenters. The monoisotopic (exact) mass is 233 g/mol. The van der Waals surface area contributed by atoms with E-state index in [1.807, 2.05) is 39.0 Å². The van der Waals surface area contributed by atoms with Gasteiger partial charge in [0.1, 0.15) is 5.60 Å². The molecule has 0 saturated heterocycles. The highest BCUT2D eigenvalue weighted by Crippen LogP contribution is 2.08. The van der Waals surface area contributed by atoms with Gasteiger partial charge in [-0.05, 0) is 39.2 Å². The Morgan fingerprint density at radius 3 is 2.53 bits per heavy atom. The van der Waals surface area contributed by atoms with E-state index in [2.05, 4.69) is 17.1 Å². The van der Waals surface area contributed by atoms with Crippen LogP contribution in [0.4, 0.5) is 4.79 Å². The predicted octanol–water partition coefficient (Wildman–Crippen LogP) is 3.63. The number of nitrogens with zero attached hydrogens (tertiary/aromatic N) is 1. The van der Waals surface area contributed by atoms with E-state index in [-0.39, 0.29) is 0 Å². The van der Waals surface area contributed by atoms with Gasteiger partial charge in [0, 0.05) is 6.21 Å². The van der Waals surface area contributed by atoms with Crippen LogP contribution in [0.5, 0.6) is 0 Å². The molecule has 0 aromatic heterocycles. The van der Waals surface area contributed by atoms with Crippen molar-refractivity contribution in [3.8, 4) is 0 Å². The van der Waals surface area contributed by atoms with Crippen LogP contribution in [0.2, 0.25) is 0 Å². The highest BCUT2D eigenvalue weighted by molar-refractivity contribution is 5.79. The summed E-state index contributed by atoms with van der Waals surface area (Å²) in [4.78, 5) is 15.0. The van der Waals surface area contributed by atoms with E-state index in [1.54, 1.807) is 6.21 Å². The molecule has 1 rings (SSSR count). The largest absolute Gasteiger partial charge is 0.442 e. The summed E-state index contributed by atoms with van der Waals surface area (Å²) in [5, 5.41) is 0. The van der Waals surface area contributed by atoms with E-state index in [4.69, 9.17) is 4.74 Å².